The number of halogens is 1. The van der Waals surface area contributed by atoms with Crippen LogP contribution in [0.2, 0.25) is 0 Å². The molecule has 1 aromatic carbocycles. The maximum atomic E-state index is 10.2. The summed E-state index contributed by atoms with van der Waals surface area (Å²) in [4.78, 5) is 0. The van der Waals surface area contributed by atoms with E-state index in [9.17, 15) is 15.3 Å². The number of aliphatic hydroxyl groups is 1. The summed E-state index contributed by atoms with van der Waals surface area (Å²) in [6, 6.07) is 3.94. The first-order valence-electron chi connectivity index (χ1n) is 6.05. The van der Waals surface area contributed by atoms with E-state index in [1.165, 1.54) is 12.1 Å². The average Bonchev–Trinajstić information content (AvgIpc) is 2.84. The highest BCUT2D eigenvalue weighted by Crippen LogP contribution is 2.34. The maximum Gasteiger partial charge on any atom is 0.157 e. The van der Waals surface area contributed by atoms with Gasteiger partial charge in [-0.05, 0) is 36.5 Å². The van der Waals surface area contributed by atoms with Crippen molar-refractivity contribution in [3.8, 4) is 11.5 Å². The van der Waals surface area contributed by atoms with Gasteiger partial charge in [0, 0.05) is 0 Å². The fourth-order valence-corrected chi connectivity index (χ4v) is 2.54. The summed E-state index contributed by atoms with van der Waals surface area (Å²) in [6.45, 7) is 0. The molecule has 1 aliphatic rings. The maximum absolute atomic E-state index is 10.2. The second-order valence-corrected chi connectivity index (χ2v) is 4.81. The van der Waals surface area contributed by atoms with Crippen LogP contribution >= 0.6 is 12.4 Å². The topological polar surface area (TPSA) is 86.7 Å². The predicted molar refractivity (Wildman–Crippen MR) is 71.9 cm³/mol. The first kappa shape index (κ1) is 15.1. The van der Waals surface area contributed by atoms with Gasteiger partial charge in [0.05, 0.1) is 12.1 Å². The number of phenols is 2. The van der Waals surface area contributed by atoms with E-state index < -0.39 is 12.1 Å². The molecular weight excluding hydrogens is 254 g/mol. The highest BCUT2D eigenvalue weighted by molar-refractivity contribution is 5.85. The van der Waals surface area contributed by atoms with Gasteiger partial charge in [0.15, 0.2) is 11.5 Å². The zero-order valence-electron chi connectivity index (χ0n) is 10.1. The Hall–Kier alpha value is -0.970. The van der Waals surface area contributed by atoms with Gasteiger partial charge in [0.1, 0.15) is 0 Å². The van der Waals surface area contributed by atoms with Crippen molar-refractivity contribution in [2.24, 2.45) is 11.7 Å². The monoisotopic (exact) mass is 273 g/mol. The molecule has 0 aromatic heterocycles. The third-order valence-corrected chi connectivity index (χ3v) is 3.64. The molecule has 1 aromatic rings. The summed E-state index contributed by atoms with van der Waals surface area (Å²) >= 11 is 0. The molecule has 102 valence electrons. The molecule has 0 heterocycles. The summed E-state index contributed by atoms with van der Waals surface area (Å²) in [5.41, 5.74) is 6.65. The first-order valence-corrected chi connectivity index (χ1v) is 6.05. The Bertz CT molecular complexity index is 394. The van der Waals surface area contributed by atoms with Crippen LogP contribution in [0.15, 0.2) is 18.2 Å². The van der Waals surface area contributed by atoms with E-state index in [0.717, 1.165) is 25.7 Å². The van der Waals surface area contributed by atoms with Crippen LogP contribution in [0.4, 0.5) is 0 Å². The van der Waals surface area contributed by atoms with E-state index in [-0.39, 0.29) is 29.8 Å². The summed E-state index contributed by atoms with van der Waals surface area (Å²) in [7, 11) is 0. The van der Waals surface area contributed by atoms with Crippen molar-refractivity contribution in [1.29, 1.82) is 0 Å². The van der Waals surface area contributed by atoms with E-state index in [2.05, 4.69) is 0 Å². The largest absolute Gasteiger partial charge is 0.504 e. The summed E-state index contributed by atoms with van der Waals surface area (Å²) in [5, 5.41) is 28.8. The molecule has 0 bridgehead atoms. The second-order valence-electron chi connectivity index (χ2n) is 4.81. The minimum atomic E-state index is -0.582. The van der Waals surface area contributed by atoms with Crippen molar-refractivity contribution >= 4 is 12.4 Å². The Morgan fingerprint density at radius 3 is 2.28 bits per heavy atom. The van der Waals surface area contributed by atoms with Crippen molar-refractivity contribution in [1.82, 2.24) is 0 Å². The standard InChI is InChI=1S/C13H19NO3.ClH/c14-12(13(17)8-3-1-2-4-8)9-5-6-10(15)11(16)7-9;/h5-8,12-13,15-17H,1-4,14H2;1H/t12-,13+;/m0./s1. The number of aromatic hydroxyl groups is 2. The van der Waals surface area contributed by atoms with Crippen LogP contribution in [0.1, 0.15) is 37.3 Å². The number of aliphatic hydroxyl groups excluding tert-OH is 1. The first-order chi connectivity index (χ1) is 8.09. The molecular formula is C13H20ClNO3. The number of hydrogen-bond donors (Lipinski definition) is 4. The fourth-order valence-electron chi connectivity index (χ4n) is 2.54. The molecule has 18 heavy (non-hydrogen) atoms. The Labute approximate surface area is 113 Å². The Morgan fingerprint density at radius 1 is 1.11 bits per heavy atom. The normalized spacial score (nSPS) is 19.2. The van der Waals surface area contributed by atoms with Gasteiger partial charge in [-0.25, -0.2) is 0 Å². The molecule has 1 saturated carbocycles. The van der Waals surface area contributed by atoms with Crippen LogP contribution in [-0.2, 0) is 0 Å². The third kappa shape index (κ3) is 3.07. The Kier molecular flexibility index (Phi) is 5.26. The molecule has 0 aliphatic heterocycles. The van der Waals surface area contributed by atoms with Gasteiger partial charge in [-0.1, -0.05) is 18.9 Å². The van der Waals surface area contributed by atoms with Crippen molar-refractivity contribution in [3.63, 3.8) is 0 Å². The Balaban J connectivity index is 0.00000162. The van der Waals surface area contributed by atoms with Gasteiger partial charge in [-0.15, -0.1) is 12.4 Å². The van der Waals surface area contributed by atoms with Crippen molar-refractivity contribution in [3.05, 3.63) is 23.8 Å². The molecule has 1 fully saturated rings. The Morgan fingerprint density at radius 2 is 1.72 bits per heavy atom. The lowest BCUT2D eigenvalue weighted by Crippen LogP contribution is -2.31. The van der Waals surface area contributed by atoms with Crippen LogP contribution in [0.3, 0.4) is 0 Å². The smallest absolute Gasteiger partial charge is 0.157 e. The number of rotatable bonds is 3. The van der Waals surface area contributed by atoms with Gasteiger partial charge in [-0.3, -0.25) is 0 Å². The van der Waals surface area contributed by atoms with Crippen molar-refractivity contribution in [2.75, 3.05) is 0 Å². The van der Waals surface area contributed by atoms with Gasteiger partial charge in [-0.2, -0.15) is 0 Å². The lowest BCUT2D eigenvalue weighted by Gasteiger charge is -2.24. The fraction of sp³-hybridized carbons (Fsp3) is 0.538. The zero-order chi connectivity index (χ0) is 12.4. The van der Waals surface area contributed by atoms with E-state index in [0.29, 0.717) is 5.56 Å². The van der Waals surface area contributed by atoms with Gasteiger partial charge >= 0.3 is 0 Å². The number of phenolic OH excluding ortho intramolecular Hbond substituents is 2. The molecule has 4 nitrogen and oxygen atoms in total. The average molecular weight is 274 g/mol. The van der Waals surface area contributed by atoms with Crippen LogP contribution in [0.25, 0.3) is 0 Å². The summed E-state index contributed by atoms with van der Waals surface area (Å²) in [5.74, 6) is -0.117. The summed E-state index contributed by atoms with van der Waals surface area (Å²) in [6.07, 6.45) is 3.74. The highest BCUT2D eigenvalue weighted by atomic mass is 35.5. The molecule has 0 spiro atoms. The molecule has 0 amide bonds. The van der Waals surface area contributed by atoms with E-state index in [1.54, 1.807) is 6.07 Å². The molecule has 1 aliphatic carbocycles. The van der Waals surface area contributed by atoms with Crippen molar-refractivity contribution in [2.45, 2.75) is 37.8 Å². The van der Waals surface area contributed by atoms with Crippen LogP contribution in [0, 0.1) is 5.92 Å². The predicted octanol–water partition coefficient (Wildman–Crippen LogP) is 2.07. The van der Waals surface area contributed by atoms with Crippen LogP contribution < -0.4 is 5.73 Å². The molecule has 0 unspecified atom stereocenters. The third-order valence-electron chi connectivity index (χ3n) is 3.64. The molecule has 2 rings (SSSR count). The quantitative estimate of drug-likeness (QED) is 0.635. The summed E-state index contributed by atoms with van der Waals surface area (Å²) < 4.78 is 0. The van der Waals surface area contributed by atoms with E-state index >= 15 is 0 Å². The minimum Gasteiger partial charge on any atom is -0.504 e. The molecule has 5 heteroatoms. The van der Waals surface area contributed by atoms with Gasteiger partial charge in [0.25, 0.3) is 0 Å². The number of hydrogen-bond acceptors (Lipinski definition) is 4. The van der Waals surface area contributed by atoms with Gasteiger partial charge < -0.3 is 21.1 Å². The van der Waals surface area contributed by atoms with E-state index in [4.69, 9.17) is 5.73 Å². The number of nitrogens with two attached hydrogens (primary N) is 1. The second kappa shape index (κ2) is 6.27. The zero-order valence-corrected chi connectivity index (χ0v) is 10.9. The lowest BCUT2D eigenvalue weighted by atomic mass is 9.91. The molecule has 5 N–H and O–H groups in total. The van der Waals surface area contributed by atoms with E-state index in [1.807, 2.05) is 0 Å². The SMILES string of the molecule is Cl.N[C@@H](c1ccc(O)c(O)c1)[C@H](O)C1CCCC1. The molecule has 0 saturated heterocycles. The molecule has 2 atom stereocenters. The van der Waals surface area contributed by atoms with Gasteiger partial charge in [0.2, 0.25) is 0 Å². The minimum absolute atomic E-state index is 0. The van der Waals surface area contributed by atoms with Crippen molar-refractivity contribution < 1.29 is 15.3 Å². The highest BCUT2D eigenvalue weighted by Gasteiger charge is 2.28. The van der Waals surface area contributed by atoms with Crippen LogP contribution in [0.5, 0.6) is 11.5 Å². The lowest BCUT2D eigenvalue weighted by molar-refractivity contribution is 0.0844. The molecule has 0 radical (unpaired) electrons. The number of benzene rings is 1. The van der Waals surface area contributed by atoms with Crippen LogP contribution in [-0.4, -0.2) is 21.4 Å².